The van der Waals surface area contributed by atoms with Crippen LogP contribution >= 0.6 is 0 Å². The first kappa shape index (κ1) is 16.6. The quantitative estimate of drug-likeness (QED) is 0.767. The molecule has 0 aliphatic carbocycles. The van der Waals surface area contributed by atoms with E-state index in [2.05, 4.69) is 20.4 Å². The second-order valence-electron chi connectivity index (χ2n) is 5.70. The Labute approximate surface area is 145 Å². The average Bonchev–Trinajstić information content (AvgIpc) is 3.12. The van der Waals surface area contributed by atoms with E-state index in [1.54, 1.807) is 19.2 Å². The molecule has 0 saturated carbocycles. The Morgan fingerprint density at radius 1 is 1.20 bits per heavy atom. The number of hydrogen-bond donors (Lipinski definition) is 1. The maximum absolute atomic E-state index is 11.7. The van der Waals surface area contributed by atoms with Crippen molar-refractivity contribution in [2.24, 2.45) is 0 Å². The van der Waals surface area contributed by atoms with Crippen molar-refractivity contribution in [3.63, 3.8) is 0 Å². The first-order valence-corrected chi connectivity index (χ1v) is 7.87. The summed E-state index contributed by atoms with van der Waals surface area (Å²) in [5, 5.41) is 6.53. The van der Waals surface area contributed by atoms with E-state index in [4.69, 9.17) is 9.26 Å². The molecule has 0 spiro atoms. The van der Waals surface area contributed by atoms with Gasteiger partial charge in [-0.15, -0.1) is 0 Å². The highest BCUT2D eigenvalue weighted by Gasteiger charge is 2.12. The van der Waals surface area contributed by atoms with Crippen molar-refractivity contribution in [3.05, 3.63) is 54.2 Å². The summed E-state index contributed by atoms with van der Waals surface area (Å²) in [4.78, 5) is 20.1. The summed E-state index contributed by atoms with van der Waals surface area (Å²) in [7, 11) is 1.55. The number of aromatic nitrogens is 3. The molecule has 2 heterocycles. The van der Waals surface area contributed by atoms with Crippen LogP contribution in [0.4, 0.5) is 0 Å². The molecule has 128 valence electrons. The molecular formula is C18H18N4O3. The SMILES string of the molecule is CNC(=O)c1cc(Oc2cccc(-c3noc(C(C)C)n3)c2)ccn1. The minimum Gasteiger partial charge on any atom is -0.457 e. The number of ether oxygens (including phenoxy) is 1. The van der Waals surface area contributed by atoms with Gasteiger partial charge in [0.25, 0.3) is 5.91 Å². The van der Waals surface area contributed by atoms with Crippen molar-refractivity contribution in [2.45, 2.75) is 19.8 Å². The lowest BCUT2D eigenvalue weighted by atomic mass is 10.2. The molecule has 7 nitrogen and oxygen atoms in total. The summed E-state index contributed by atoms with van der Waals surface area (Å²) in [6.45, 7) is 3.98. The van der Waals surface area contributed by atoms with Gasteiger partial charge >= 0.3 is 0 Å². The molecule has 1 aromatic carbocycles. The number of benzene rings is 1. The highest BCUT2D eigenvalue weighted by atomic mass is 16.5. The van der Waals surface area contributed by atoms with Gasteiger partial charge in [0.2, 0.25) is 11.7 Å². The minimum absolute atomic E-state index is 0.167. The van der Waals surface area contributed by atoms with Crippen molar-refractivity contribution in [1.82, 2.24) is 20.4 Å². The highest BCUT2D eigenvalue weighted by molar-refractivity contribution is 5.92. The van der Waals surface area contributed by atoms with E-state index in [9.17, 15) is 4.79 Å². The predicted molar refractivity (Wildman–Crippen MR) is 91.5 cm³/mol. The van der Waals surface area contributed by atoms with E-state index in [1.807, 2.05) is 38.1 Å². The van der Waals surface area contributed by atoms with Crippen LogP contribution in [0.2, 0.25) is 0 Å². The van der Waals surface area contributed by atoms with Crippen molar-refractivity contribution in [1.29, 1.82) is 0 Å². The molecule has 25 heavy (non-hydrogen) atoms. The first-order valence-electron chi connectivity index (χ1n) is 7.87. The smallest absolute Gasteiger partial charge is 0.269 e. The fourth-order valence-corrected chi connectivity index (χ4v) is 2.15. The lowest BCUT2D eigenvalue weighted by Gasteiger charge is -2.07. The predicted octanol–water partition coefficient (Wildman–Crippen LogP) is 3.41. The van der Waals surface area contributed by atoms with Gasteiger partial charge in [0.15, 0.2) is 0 Å². The molecule has 1 amide bonds. The number of rotatable bonds is 5. The van der Waals surface area contributed by atoms with Crippen molar-refractivity contribution in [2.75, 3.05) is 7.05 Å². The Kier molecular flexibility index (Phi) is 4.74. The molecule has 0 saturated heterocycles. The molecule has 0 aliphatic heterocycles. The molecule has 0 atom stereocenters. The van der Waals surface area contributed by atoms with Crippen molar-refractivity contribution >= 4 is 5.91 Å². The Morgan fingerprint density at radius 3 is 2.72 bits per heavy atom. The monoisotopic (exact) mass is 338 g/mol. The topological polar surface area (TPSA) is 90.1 Å². The third-order valence-corrected chi connectivity index (χ3v) is 3.45. The van der Waals surface area contributed by atoms with Crippen LogP contribution < -0.4 is 10.1 Å². The van der Waals surface area contributed by atoms with Crippen LogP contribution in [0, 0.1) is 0 Å². The first-order chi connectivity index (χ1) is 12.1. The van der Waals surface area contributed by atoms with Crippen LogP contribution in [0.5, 0.6) is 11.5 Å². The maximum atomic E-state index is 11.7. The van der Waals surface area contributed by atoms with Gasteiger partial charge in [0.1, 0.15) is 17.2 Å². The number of pyridine rings is 1. The third-order valence-electron chi connectivity index (χ3n) is 3.45. The number of carbonyl (C=O) groups excluding carboxylic acids is 1. The summed E-state index contributed by atoms with van der Waals surface area (Å²) in [6.07, 6.45) is 1.53. The summed E-state index contributed by atoms with van der Waals surface area (Å²) < 4.78 is 11.1. The van der Waals surface area contributed by atoms with Gasteiger partial charge < -0.3 is 14.6 Å². The van der Waals surface area contributed by atoms with E-state index in [1.165, 1.54) is 6.20 Å². The van der Waals surface area contributed by atoms with Crippen molar-refractivity contribution in [3.8, 4) is 22.9 Å². The Morgan fingerprint density at radius 2 is 2.00 bits per heavy atom. The van der Waals surface area contributed by atoms with Gasteiger partial charge in [-0.25, -0.2) is 0 Å². The third kappa shape index (κ3) is 3.82. The van der Waals surface area contributed by atoms with E-state index in [0.717, 1.165) is 5.56 Å². The van der Waals surface area contributed by atoms with Crippen LogP contribution in [0.15, 0.2) is 47.1 Å². The van der Waals surface area contributed by atoms with E-state index >= 15 is 0 Å². The van der Waals surface area contributed by atoms with Gasteiger partial charge in [-0.3, -0.25) is 9.78 Å². The van der Waals surface area contributed by atoms with Gasteiger partial charge in [-0.2, -0.15) is 4.98 Å². The molecular weight excluding hydrogens is 320 g/mol. The van der Waals surface area contributed by atoms with E-state index in [0.29, 0.717) is 23.2 Å². The normalized spacial score (nSPS) is 10.7. The van der Waals surface area contributed by atoms with Crippen LogP contribution in [-0.2, 0) is 0 Å². The average molecular weight is 338 g/mol. The fourth-order valence-electron chi connectivity index (χ4n) is 2.15. The number of hydrogen-bond acceptors (Lipinski definition) is 6. The molecule has 0 aliphatic rings. The lowest BCUT2D eigenvalue weighted by molar-refractivity contribution is 0.0958. The number of nitrogens with one attached hydrogen (secondary N) is 1. The van der Waals surface area contributed by atoms with Crippen LogP contribution in [0.25, 0.3) is 11.4 Å². The molecule has 3 rings (SSSR count). The summed E-state index contributed by atoms with van der Waals surface area (Å²) in [6, 6.07) is 10.6. The summed E-state index contributed by atoms with van der Waals surface area (Å²) >= 11 is 0. The minimum atomic E-state index is -0.271. The number of nitrogens with zero attached hydrogens (tertiary/aromatic N) is 3. The number of amides is 1. The standard InChI is InChI=1S/C18H18N4O3/c1-11(2)18-21-16(22-25-18)12-5-4-6-13(9-12)24-14-7-8-20-15(10-14)17(23)19-3/h4-11H,1-3H3,(H,19,23). The zero-order valence-electron chi connectivity index (χ0n) is 14.2. The Balaban J connectivity index is 1.83. The van der Waals surface area contributed by atoms with Crippen LogP contribution in [0.1, 0.15) is 36.1 Å². The number of carbonyl (C=O) groups is 1. The Bertz CT molecular complexity index is 889. The van der Waals surface area contributed by atoms with E-state index < -0.39 is 0 Å². The van der Waals surface area contributed by atoms with E-state index in [-0.39, 0.29) is 17.5 Å². The lowest BCUT2D eigenvalue weighted by Crippen LogP contribution is -2.18. The molecule has 0 unspecified atom stereocenters. The molecule has 3 aromatic rings. The molecule has 0 fully saturated rings. The fraction of sp³-hybridized carbons (Fsp3) is 0.222. The summed E-state index contributed by atoms with van der Waals surface area (Å²) in [5.41, 5.74) is 1.07. The summed E-state index contributed by atoms with van der Waals surface area (Å²) in [5.74, 6) is 2.11. The van der Waals surface area contributed by atoms with Gasteiger partial charge in [-0.1, -0.05) is 31.1 Å². The molecule has 2 aromatic heterocycles. The maximum Gasteiger partial charge on any atom is 0.269 e. The second kappa shape index (κ2) is 7.12. The van der Waals surface area contributed by atoms with Gasteiger partial charge in [0, 0.05) is 30.8 Å². The van der Waals surface area contributed by atoms with Gasteiger partial charge in [-0.05, 0) is 18.2 Å². The molecule has 1 N–H and O–H groups in total. The zero-order chi connectivity index (χ0) is 17.8. The van der Waals surface area contributed by atoms with Crippen molar-refractivity contribution < 1.29 is 14.1 Å². The van der Waals surface area contributed by atoms with Crippen LogP contribution in [0.3, 0.4) is 0 Å². The molecule has 0 bridgehead atoms. The van der Waals surface area contributed by atoms with Crippen LogP contribution in [-0.4, -0.2) is 28.1 Å². The molecule has 0 radical (unpaired) electrons. The second-order valence-corrected chi connectivity index (χ2v) is 5.70. The molecule has 7 heteroatoms. The highest BCUT2D eigenvalue weighted by Crippen LogP contribution is 2.27. The largest absolute Gasteiger partial charge is 0.457 e. The zero-order valence-corrected chi connectivity index (χ0v) is 14.2. The van der Waals surface area contributed by atoms with Gasteiger partial charge in [0.05, 0.1) is 0 Å². The Hall–Kier alpha value is -3.22.